The highest BCUT2D eigenvalue weighted by atomic mass is 16.3. The molecule has 2 atom stereocenters. The van der Waals surface area contributed by atoms with Crippen LogP contribution in [0.2, 0.25) is 0 Å². The lowest BCUT2D eigenvalue weighted by Gasteiger charge is -2.29. The molecule has 0 saturated carbocycles. The third kappa shape index (κ3) is 5.52. The Morgan fingerprint density at radius 2 is 1.88 bits per heavy atom. The van der Waals surface area contributed by atoms with E-state index in [1.54, 1.807) is 0 Å². The van der Waals surface area contributed by atoms with E-state index in [1.807, 2.05) is 30.4 Å². The summed E-state index contributed by atoms with van der Waals surface area (Å²) in [6.45, 7) is 2.98. The van der Waals surface area contributed by atoms with Crippen LogP contribution in [0.1, 0.15) is 31.2 Å². The van der Waals surface area contributed by atoms with Gasteiger partial charge in [0.2, 0.25) is 0 Å². The normalized spacial score (nSPS) is 23.0. The summed E-state index contributed by atoms with van der Waals surface area (Å²) < 4.78 is 0. The molecule has 1 saturated heterocycles. The van der Waals surface area contributed by atoms with Crippen molar-refractivity contribution in [1.82, 2.24) is 4.90 Å². The fourth-order valence-corrected chi connectivity index (χ4v) is 3.53. The van der Waals surface area contributed by atoms with E-state index >= 15 is 0 Å². The molecule has 1 aliphatic carbocycles. The van der Waals surface area contributed by atoms with Gasteiger partial charge in [0.1, 0.15) is 0 Å². The lowest BCUT2D eigenvalue weighted by atomic mass is 9.91. The van der Waals surface area contributed by atoms with Crippen LogP contribution in [-0.2, 0) is 0 Å². The summed E-state index contributed by atoms with van der Waals surface area (Å²) in [4.78, 5) is 2.37. The van der Waals surface area contributed by atoms with Crippen LogP contribution in [0.5, 0.6) is 0 Å². The van der Waals surface area contributed by atoms with Crippen LogP contribution in [0.25, 0.3) is 6.08 Å². The van der Waals surface area contributed by atoms with Crippen molar-refractivity contribution in [3.63, 3.8) is 0 Å². The van der Waals surface area contributed by atoms with E-state index in [9.17, 15) is 5.11 Å². The Morgan fingerprint density at radius 1 is 1.12 bits per heavy atom. The number of benzene rings is 1. The summed E-state index contributed by atoms with van der Waals surface area (Å²) in [6.07, 6.45) is 14.2. The zero-order valence-corrected chi connectivity index (χ0v) is 14.8. The summed E-state index contributed by atoms with van der Waals surface area (Å²) in [5.41, 5.74) is 2.87. The first kappa shape index (κ1) is 17.8. The Hall–Kier alpha value is -1.97. The van der Waals surface area contributed by atoms with E-state index in [0.717, 1.165) is 30.8 Å². The molecule has 0 amide bonds. The molecule has 1 fully saturated rings. The highest BCUT2D eigenvalue weighted by Gasteiger charge is 2.17. The van der Waals surface area contributed by atoms with E-state index in [1.165, 1.54) is 19.3 Å². The number of hydrogen-bond acceptors (Lipinski definition) is 3. The van der Waals surface area contributed by atoms with Crippen molar-refractivity contribution in [2.75, 3.05) is 19.6 Å². The van der Waals surface area contributed by atoms with Crippen LogP contribution < -0.4 is 0 Å². The summed E-state index contributed by atoms with van der Waals surface area (Å²) in [5, 5.41) is 18.6. The van der Waals surface area contributed by atoms with Crippen LogP contribution in [0.15, 0.2) is 60.2 Å². The van der Waals surface area contributed by atoms with Crippen LogP contribution >= 0.6 is 0 Å². The average molecular weight is 336 g/mol. The highest BCUT2D eigenvalue weighted by molar-refractivity contribution is 5.98. The van der Waals surface area contributed by atoms with Gasteiger partial charge in [-0.25, -0.2) is 0 Å². The Balaban J connectivity index is 1.58. The first-order chi connectivity index (χ1) is 12.2. The number of allylic oxidation sites excluding steroid dienone is 4. The molecule has 1 aromatic rings. The molecule has 0 bridgehead atoms. The molecule has 3 nitrogen and oxygen atoms in total. The Labute approximate surface area is 150 Å². The molecule has 2 aliphatic rings. The van der Waals surface area contributed by atoms with Crippen molar-refractivity contribution in [1.29, 1.82) is 5.41 Å². The number of piperidine rings is 1. The van der Waals surface area contributed by atoms with Gasteiger partial charge in [-0.3, -0.25) is 0 Å². The molecule has 25 heavy (non-hydrogen) atoms. The van der Waals surface area contributed by atoms with Crippen molar-refractivity contribution in [3.05, 3.63) is 65.8 Å². The molecule has 3 heteroatoms. The number of β-amino-alcohol motifs (C(OH)–C–C–N with tert-alkyl or cyclic N) is 1. The van der Waals surface area contributed by atoms with Gasteiger partial charge in [-0.15, -0.1) is 0 Å². The van der Waals surface area contributed by atoms with Gasteiger partial charge in [-0.05, 0) is 49.6 Å². The highest BCUT2D eigenvalue weighted by Crippen LogP contribution is 2.21. The smallest absolute Gasteiger partial charge is 0.0707 e. The van der Waals surface area contributed by atoms with Gasteiger partial charge < -0.3 is 15.4 Å². The number of nitrogens with zero attached hydrogens (tertiary/aromatic N) is 1. The minimum atomic E-state index is -0.333. The third-order valence-electron chi connectivity index (χ3n) is 4.91. The van der Waals surface area contributed by atoms with E-state index in [2.05, 4.69) is 35.3 Å². The molecule has 132 valence electrons. The van der Waals surface area contributed by atoms with E-state index in [0.29, 0.717) is 12.1 Å². The van der Waals surface area contributed by atoms with Crippen LogP contribution in [-0.4, -0.2) is 41.5 Å². The van der Waals surface area contributed by atoms with Gasteiger partial charge in [0, 0.05) is 18.2 Å². The van der Waals surface area contributed by atoms with Crippen molar-refractivity contribution >= 4 is 11.8 Å². The van der Waals surface area contributed by atoms with Gasteiger partial charge in [0.15, 0.2) is 0 Å². The zero-order valence-electron chi connectivity index (χ0n) is 14.8. The van der Waals surface area contributed by atoms with Gasteiger partial charge in [-0.2, -0.15) is 0 Å². The summed E-state index contributed by atoms with van der Waals surface area (Å²) in [7, 11) is 0. The maximum absolute atomic E-state index is 10.4. The molecular weight excluding hydrogens is 308 g/mol. The Bertz CT molecular complexity index is 654. The number of aliphatic hydroxyl groups is 1. The molecule has 3 rings (SSSR count). The minimum Gasteiger partial charge on any atom is -0.391 e. The van der Waals surface area contributed by atoms with Crippen LogP contribution in [0, 0.1) is 11.3 Å². The maximum Gasteiger partial charge on any atom is 0.0707 e. The van der Waals surface area contributed by atoms with Gasteiger partial charge in [-0.1, -0.05) is 61.1 Å². The molecule has 0 spiro atoms. The molecule has 1 aromatic carbocycles. The summed E-state index contributed by atoms with van der Waals surface area (Å²) in [5.74, 6) is -0.0117. The lowest BCUT2D eigenvalue weighted by Crippen LogP contribution is -2.36. The number of rotatable bonds is 6. The standard InChI is InChI=1S/C22H28N2O/c23-22-12-10-19(16-21(25)17-24-13-5-2-6-14-24)15-20(22)11-9-18-7-3-1-4-8-18/h1,3-4,7-12,15,20-21,23,25H,2,5-6,13-14,16-17H2. The number of aliphatic hydroxyl groups excluding tert-OH is 1. The summed E-state index contributed by atoms with van der Waals surface area (Å²) >= 11 is 0. The second kappa shape index (κ2) is 8.93. The minimum absolute atomic E-state index is 0.0117. The predicted octanol–water partition coefficient (Wildman–Crippen LogP) is 4.07. The second-order valence-electron chi connectivity index (χ2n) is 7.05. The molecule has 0 radical (unpaired) electrons. The SMILES string of the molecule is N=C1C=CC(CC(O)CN2CCCCC2)=CC1C=Cc1ccccc1. The molecule has 2 unspecified atom stereocenters. The Morgan fingerprint density at radius 3 is 2.64 bits per heavy atom. The predicted molar refractivity (Wildman–Crippen MR) is 105 cm³/mol. The molecule has 1 heterocycles. The van der Waals surface area contributed by atoms with E-state index in [4.69, 9.17) is 5.41 Å². The van der Waals surface area contributed by atoms with Crippen molar-refractivity contribution in [2.24, 2.45) is 5.92 Å². The summed E-state index contributed by atoms with van der Waals surface area (Å²) in [6, 6.07) is 10.2. The quantitative estimate of drug-likeness (QED) is 0.822. The van der Waals surface area contributed by atoms with Gasteiger partial charge in [0.25, 0.3) is 0 Å². The largest absolute Gasteiger partial charge is 0.391 e. The van der Waals surface area contributed by atoms with Crippen molar-refractivity contribution in [2.45, 2.75) is 31.8 Å². The molecule has 0 aromatic heterocycles. The van der Waals surface area contributed by atoms with Crippen LogP contribution in [0.3, 0.4) is 0 Å². The third-order valence-corrected chi connectivity index (χ3v) is 4.91. The number of hydrogen-bond donors (Lipinski definition) is 2. The molecular formula is C22H28N2O. The number of nitrogens with one attached hydrogen (secondary N) is 1. The monoisotopic (exact) mass is 336 g/mol. The first-order valence-corrected chi connectivity index (χ1v) is 9.31. The van der Waals surface area contributed by atoms with E-state index in [-0.39, 0.29) is 12.0 Å². The van der Waals surface area contributed by atoms with Crippen molar-refractivity contribution in [3.8, 4) is 0 Å². The fraction of sp³-hybridized carbons (Fsp3) is 0.409. The van der Waals surface area contributed by atoms with E-state index < -0.39 is 0 Å². The zero-order chi connectivity index (χ0) is 17.5. The molecule has 2 N–H and O–H groups in total. The maximum atomic E-state index is 10.4. The first-order valence-electron chi connectivity index (χ1n) is 9.31. The topological polar surface area (TPSA) is 47.3 Å². The van der Waals surface area contributed by atoms with Gasteiger partial charge >= 0.3 is 0 Å². The Kier molecular flexibility index (Phi) is 6.37. The van der Waals surface area contributed by atoms with Crippen molar-refractivity contribution < 1.29 is 5.11 Å². The second-order valence-corrected chi connectivity index (χ2v) is 7.05. The average Bonchev–Trinajstić information content (AvgIpc) is 2.64. The fourth-order valence-electron chi connectivity index (χ4n) is 3.53. The van der Waals surface area contributed by atoms with Gasteiger partial charge in [0.05, 0.1) is 6.10 Å². The molecule has 1 aliphatic heterocycles. The lowest BCUT2D eigenvalue weighted by molar-refractivity contribution is 0.102. The van der Waals surface area contributed by atoms with Crippen LogP contribution in [0.4, 0.5) is 0 Å². The number of likely N-dealkylation sites (tertiary alicyclic amines) is 1.